The van der Waals surface area contributed by atoms with Crippen molar-refractivity contribution in [2.45, 2.75) is 0 Å². The van der Waals surface area contributed by atoms with Crippen LogP contribution in [0.3, 0.4) is 0 Å². The standard InChI is InChI=1S/C30H20N4O6P2/c35-41(36)39-25-16-26(40-42(37)38)22(24-12-10-20-8-6-18-4-2-14-32-28(18)30(20)34-24)15-21(25)23-11-9-19-7-5-17-3-1-13-31-27(17)29(19)33-23/h1-16,35-36,42H,(H,37,38). The molecule has 0 aliphatic rings. The Kier molecular flexibility index (Phi) is 6.70. The molecule has 0 bridgehead atoms. The van der Waals surface area contributed by atoms with Crippen molar-refractivity contribution in [3.63, 3.8) is 0 Å². The van der Waals surface area contributed by atoms with Crippen LogP contribution < -0.4 is 9.05 Å². The highest BCUT2D eigenvalue weighted by Gasteiger charge is 2.21. The van der Waals surface area contributed by atoms with Gasteiger partial charge in [-0.05, 0) is 30.3 Å². The first-order valence-electron chi connectivity index (χ1n) is 12.7. The summed E-state index contributed by atoms with van der Waals surface area (Å²) in [6.45, 7) is 0. The van der Waals surface area contributed by atoms with Crippen LogP contribution in [0.5, 0.6) is 11.5 Å². The normalized spacial score (nSPS) is 12.4. The molecule has 3 aromatic carbocycles. The summed E-state index contributed by atoms with van der Waals surface area (Å²) in [6, 6.07) is 25.7. The molecule has 12 heteroatoms. The molecule has 1 unspecified atom stereocenters. The van der Waals surface area contributed by atoms with Crippen LogP contribution in [-0.2, 0) is 4.57 Å². The fourth-order valence-corrected chi connectivity index (χ4v) is 5.73. The Morgan fingerprint density at radius 3 is 1.60 bits per heavy atom. The highest BCUT2D eigenvalue weighted by Crippen LogP contribution is 2.46. The van der Waals surface area contributed by atoms with E-state index >= 15 is 0 Å². The van der Waals surface area contributed by atoms with E-state index in [1.165, 1.54) is 6.07 Å². The SMILES string of the molecule is O=[PH](O)Oc1cc(OP(O)O)c(-c2ccc3ccc4cccnc4c3n2)cc1-c1ccc2ccc3cccnc3c2n1. The van der Waals surface area contributed by atoms with Gasteiger partial charge in [0.25, 0.3) is 0 Å². The number of rotatable bonds is 6. The van der Waals surface area contributed by atoms with Crippen molar-refractivity contribution in [1.82, 2.24) is 19.9 Å². The largest absolute Gasteiger partial charge is 0.426 e. The lowest BCUT2D eigenvalue weighted by Crippen LogP contribution is -1.97. The van der Waals surface area contributed by atoms with Gasteiger partial charge >= 0.3 is 16.9 Å². The molecule has 4 heterocycles. The van der Waals surface area contributed by atoms with Crippen LogP contribution in [0.4, 0.5) is 0 Å². The maximum atomic E-state index is 11.9. The minimum atomic E-state index is -3.46. The van der Waals surface area contributed by atoms with E-state index in [0.29, 0.717) is 44.6 Å². The first-order valence-corrected chi connectivity index (χ1v) is 15.1. The van der Waals surface area contributed by atoms with Crippen LogP contribution >= 0.6 is 16.9 Å². The third kappa shape index (κ3) is 4.81. The first-order chi connectivity index (χ1) is 20.4. The van der Waals surface area contributed by atoms with Crippen molar-refractivity contribution in [1.29, 1.82) is 0 Å². The molecule has 10 nitrogen and oxygen atoms in total. The monoisotopic (exact) mass is 594 g/mol. The summed E-state index contributed by atoms with van der Waals surface area (Å²) >= 11 is 0. The van der Waals surface area contributed by atoms with Crippen molar-refractivity contribution >= 4 is 60.5 Å². The zero-order chi connectivity index (χ0) is 28.8. The van der Waals surface area contributed by atoms with Gasteiger partial charge in [0.15, 0.2) is 0 Å². The Hall–Kier alpha value is -4.56. The van der Waals surface area contributed by atoms with E-state index in [1.54, 1.807) is 30.6 Å². The molecule has 0 aliphatic carbocycles. The molecule has 0 saturated heterocycles. The average Bonchev–Trinajstić information content (AvgIpc) is 3.00. The van der Waals surface area contributed by atoms with Crippen LogP contribution in [0.2, 0.25) is 0 Å². The summed E-state index contributed by atoms with van der Waals surface area (Å²) in [5.41, 5.74) is 4.36. The molecule has 7 aromatic rings. The van der Waals surface area contributed by atoms with Gasteiger partial charge in [0.05, 0.1) is 33.5 Å². The molecule has 0 spiro atoms. The predicted molar refractivity (Wildman–Crippen MR) is 162 cm³/mol. The number of benzene rings is 3. The fourth-order valence-electron chi connectivity index (χ4n) is 5.05. The summed E-state index contributed by atoms with van der Waals surface area (Å²) in [4.78, 5) is 48.0. The third-order valence-corrected chi connectivity index (χ3v) is 7.63. The number of nitrogens with zero attached hydrogens (tertiary/aromatic N) is 4. The minimum absolute atomic E-state index is 0.000984. The Bertz CT molecular complexity index is 2190. The van der Waals surface area contributed by atoms with Gasteiger partial charge < -0.3 is 23.7 Å². The molecule has 42 heavy (non-hydrogen) atoms. The molecule has 0 saturated carbocycles. The summed E-state index contributed by atoms with van der Waals surface area (Å²) in [5, 5.41) is 3.56. The topological polar surface area (TPSA) is 148 Å². The first kappa shape index (κ1) is 26.3. The second-order valence-corrected chi connectivity index (χ2v) is 10.8. The number of hydrogen-bond acceptors (Lipinski definition) is 9. The van der Waals surface area contributed by atoms with Crippen LogP contribution in [0.1, 0.15) is 0 Å². The number of aromatic nitrogens is 4. The Labute approximate surface area is 239 Å². The van der Waals surface area contributed by atoms with E-state index in [1.807, 2.05) is 60.7 Å². The van der Waals surface area contributed by atoms with E-state index in [0.717, 1.165) is 21.5 Å². The van der Waals surface area contributed by atoms with Crippen molar-refractivity contribution < 1.29 is 28.3 Å². The van der Waals surface area contributed by atoms with Crippen molar-refractivity contribution in [3.05, 3.63) is 97.3 Å². The van der Waals surface area contributed by atoms with Gasteiger partial charge in [-0.25, -0.2) is 14.5 Å². The predicted octanol–water partition coefficient (Wildman–Crippen LogP) is 6.56. The molecule has 0 radical (unpaired) electrons. The van der Waals surface area contributed by atoms with E-state index in [2.05, 4.69) is 9.97 Å². The van der Waals surface area contributed by atoms with Gasteiger partial charge in [0.2, 0.25) is 0 Å². The summed E-state index contributed by atoms with van der Waals surface area (Å²) in [7, 11) is -6.29. The molecule has 3 N–H and O–H groups in total. The average molecular weight is 594 g/mol. The van der Waals surface area contributed by atoms with E-state index in [9.17, 15) is 19.2 Å². The quantitative estimate of drug-likeness (QED) is 0.143. The van der Waals surface area contributed by atoms with Crippen LogP contribution in [0.15, 0.2) is 97.3 Å². The molecule has 0 fully saturated rings. The molecule has 0 amide bonds. The highest BCUT2D eigenvalue weighted by atomic mass is 31.2. The zero-order valence-electron chi connectivity index (χ0n) is 21.5. The summed E-state index contributed by atoms with van der Waals surface area (Å²) in [6.07, 6.45) is 3.39. The van der Waals surface area contributed by atoms with Gasteiger partial charge in [-0.15, -0.1) is 0 Å². The van der Waals surface area contributed by atoms with Crippen LogP contribution in [0, 0.1) is 0 Å². The second kappa shape index (κ2) is 10.7. The molecule has 1 atom stereocenters. The van der Waals surface area contributed by atoms with E-state index in [-0.39, 0.29) is 11.5 Å². The van der Waals surface area contributed by atoms with E-state index in [4.69, 9.17) is 19.0 Å². The third-order valence-electron chi connectivity index (χ3n) is 6.88. The van der Waals surface area contributed by atoms with Gasteiger partial charge in [0, 0.05) is 51.1 Å². The molecular weight excluding hydrogens is 574 g/mol. The van der Waals surface area contributed by atoms with Crippen molar-refractivity contribution in [2.75, 3.05) is 0 Å². The van der Waals surface area contributed by atoms with Gasteiger partial charge in [-0.2, -0.15) is 0 Å². The minimum Gasteiger partial charge on any atom is -0.426 e. The lowest BCUT2D eigenvalue weighted by molar-refractivity contribution is 0.374. The fraction of sp³-hybridized carbons (Fsp3) is 0. The lowest BCUT2D eigenvalue weighted by atomic mass is 10.0. The molecule has 206 valence electrons. The second-order valence-electron chi connectivity index (χ2n) is 9.37. The molecule has 0 aliphatic heterocycles. The number of pyridine rings is 4. The van der Waals surface area contributed by atoms with Gasteiger partial charge in [0.1, 0.15) is 11.5 Å². The highest BCUT2D eigenvalue weighted by molar-refractivity contribution is 7.39. The Morgan fingerprint density at radius 1 is 0.619 bits per heavy atom. The van der Waals surface area contributed by atoms with Gasteiger partial charge in [-0.3, -0.25) is 9.97 Å². The smallest absolute Gasteiger partial charge is 0.391 e. The number of fused-ring (bicyclic) bond motifs is 6. The Balaban J connectivity index is 1.49. The lowest BCUT2D eigenvalue weighted by Gasteiger charge is -2.17. The molecular formula is C30H20N4O6P2. The van der Waals surface area contributed by atoms with Crippen LogP contribution in [0.25, 0.3) is 66.1 Å². The summed E-state index contributed by atoms with van der Waals surface area (Å²) in [5.74, 6) is -0.0222. The van der Waals surface area contributed by atoms with E-state index < -0.39 is 16.9 Å². The summed E-state index contributed by atoms with van der Waals surface area (Å²) < 4.78 is 22.6. The maximum Gasteiger partial charge on any atom is 0.391 e. The molecule has 7 rings (SSSR count). The Morgan fingerprint density at radius 2 is 1.10 bits per heavy atom. The van der Waals surface area contributed by atoms with Crippen molar-refractivity contribution in [2.24, 2.45) is 0 Å². The number of hydrogen-bond donors (Lipinski definition) is 3. The zero-order valence-corrected chi connectivity index (χ0v) is 23.4. The maximum absolute atomic E-state index is 11.9. The van der Waals surface area contributed by atoms with Crippen molar-refractivity contribution in [3.8, 4) is 34.0 Å². The van der Waals surface area contributed by atoms with Crippen LogP contribution in [-0.4, -0.2) is 34.6 Å². The molecule has 4 aromatic heterocycles. The van der Waals surface area contributed by atoms with Gasteiger partial charge in [-0.1, -0.05) is 48.5 Å².